The molecule has 0 aliphatic carbocycles. The van der Waals surface area contributed by atoms with Gasteiger partial charge < -0.3 is 42.3 Å². The summed E-state index contributed by atoms with van der Waals surface area (Å²) in [4.78, 5) is 59.5. The molecule has 176 valence electrons. The molecule has 9 N–H and O–H groups in total. The normalized spacial score (nSPS) is 20.6. The van der Waals surface area contributed by atoms with Crippen LogP contribution in [0.2, 0.25) is 0 Å². The number of aliphatic hydroxyl groups excluding tert-OH is 2. The van der Waals surface area contributed by atoms with Crippen LogP contribution in [-0.2, 0) is 24.0 Å². The molecule has 0 aromatic rings. The SMILES string of the molecule is CC(O)C(NC(=O)C1CCCN1)C(=O)NC(C(=O)NC(CCC(N)=O)C(=O)O)C(C)O. The fraction of sp³-hybridized carbons (Fsp3) is 0.722. The summed E-state index contributed by atoms with van der Waals surface area (Å²) in [5.74, 6) is -4.63. The van der Waals surface area contributed by atoms with Crippen molar-refractivity contribution in [3.63, 3.8) is 0 Å². The molecule has 1 aliphatic heterocycles. The Morgan fingerprint density at radius 1 is 1.00 bits per heavy atom. The van der Waals surface area contributed by atoms with Crippen LogP contribution in [0.25, 0.3) is 0 Å². The summed E-state index contributed by atoms with van der Waals surface area (Å²) in [5.41, 5.74) is 4.99. The Hall–Kier alpha value is -2.77. The lowest BCUT2D eigenvalue weighted by Crippen LogP contribution is -2.61. The third kappa shape index (κ3) is 8.47. The third-order valence-corrected chi connectivity index (χ3v) is 4.80. The lowest BCUT2D eigenvalue weighted by molar-refractivity contribution is -0.143. The van der Waals surface area contributed by atoms with E-state index in [2.05, 4.69) is 21.3 Å². The summed E-state index contributed by atoms with van der Waals surface area (Å²) in [6, 6.07) is -4.97. The number of carboxylic acid groups (broad SMARTS) is 1. The van der Waals surface area contributed by atoms with E-state index in [1.165, 1.54) is 13.8 Å². The van der Waals surface area contributed by atoms with Gasteiger partial charge in [-0.3, -0.25) is 19.2 Å². The van der Waals surface area contributed by atoms with E-state index in [0.29, 0.717) is 13.0 Å². The molecule has 31 heavy (non-hydrogen) atoms. The number of carbonyl (C=O) groups excluding carboxylic acids is 4. The molecule has 0 bridgehead atoms. The highest BCUT2D eigenvalue weighted by Crippen LogP contribution is 2.07. The lowest BCUT2D eigenvalue weighted by atomic mass is 10.1. The van der Waals surface area contributed by atoms with Crippen molar-refractivity contribution in [3.05, 3.63) is 0 Å². The predicted octanol–water partition coefficient (Wildman–Crippen LogP) is -3.70. The average molecular weight is 445 g/mol. The Bertz CT molecular complexity index is 678. The van der Waals surface area contributed by atoms with Crippen molar-refractivity contribution in [2.45, 2.75) is 75.9 Å². The monoisotopic (exact) mass is 445 g/mol. The van der Waals surface area contributed by atoms with Gasteiger partial charge in [0.05, 0.1) is 18.2 Å². The molecular weight excluding hydrogens is 414 g/mol. The van der Waals surface area contributed by atoms with Crippen LogP contribution in [-0.4, -0.2) is 87.8 Å². The van der Waals surface area contributed by atoms with Gasteiger partial charge in [0.15, 0.2) is 0 Å². The van der Waals surface area contributed by atoms with Gasteiger partial charge in [0.2, 0.25) is 23.6 Å². The van der Waals surface area contributed by atoms with Crippen LogP contribution in [0.3, 0.4) is 0 Å². The summed E-state index contributed by atoms with van der Waals surface area (Å²) in [6.45, 7) is 3.12. The molecule has 13 nitrogen and oxygen atoms in total. The van der Waals surface area contributed by atoms with Crippen molar-refractivity contribution in [2.75, 3.05) is 6.54 Å². The molecular formula is C18H31N5O8. The smallest absolute Gasteiger partial charge is 0.326 e. The number of nitrogens with two attached hydrogens (primary N) is 1. The average Bonchev–Trinajstić information content (AvgIpc) is 3.20. The number of amides is 4. The molecule has 1 fully saturated rings. The molecule has 6 unspecified atom stereocenters. The minimum atomic E-state index is -1.58. The number of primary amides is 1. The largest absolute Gasteiger partial charge is 0.480 e. The topological polar surface area (TPSA) is 220 Å². The van der Waals surface area contributed by atoms with Crippen molar-refractivity contribution >= 4 is 29.6 Å². The Morgan fingerprint density at radius 3 is 2.00 bits per heavy atom. The van der Waals surface area contributed by atoms with Gasteiger partial charge in [-0.05, 0) is 39.7 Å². The number of carbonyl (C=O) groups is 5. The van der Waals surface area contributed by atoms with Crippen molar-refractivity contribution in [1.29, 1.82) is 0 Å². The highest BCUT2D eigenvalue weighted by Gasteiger charge is 2.35. The second-order valence-corrected chi connectivity index (χ2v) is 7.51. The first-order valence-electron chi connectivity index (χ1n) is 9.95. The Morgan fingerprint density at radius 2 is 1.55 bits per heavy atom. The maximum Gasteiger partial charge on any atom is 0.326 e. The zero-order chi connectivity index (χ0) is 23.7. The Balaban J connectivity index is 2.83. The zero-order valence-electron chi connectivity index (χ0n) is 17.5. The maximum atomic E-state index is 12.6. The van der Waals surface area contributed by atoms with E-state index in [1.807, 2.05) is 0 Å². The zero-order valence-corrected chi connectivity index (χ0v) is 17.5. The molecule has 1 saturated heterocycles. The van der Waals surface area contributed by atoms with Crippen LogP contribution >= 0.6 is 0 Å². The van der Waals surface area contributed by atoms with Crippen LogP contribution in [0.1, 0.15) is 39.5 Å². The van der Waals surface area contributed by atoms with Crippen LogP contribution in [0.4, 0.5) is 0 Å². The minimum absolute atomic E-state index is 0.280. The predicted molar refractivity (Wildman–Crippen MR) is 106 cm³/mol. The molecule has 4 amide bonds. The summed E-state index contributed by atoms with van der Waals surface area (Å²) in [7, 11) is 0. The van der Waals surface area contributed by atoms with E-state index in [0.717, 1.165) is 6.42 Å². The van der Waals surface area contributed by atoms with Crippen molar-refractivity contribution in [3.8, 4) is 0 Å². The second kappa shape index (κ2) is 12.2. The first kappa shape index (κ1) is 26.3. The van der Waals surface area contributed by atoms with E-state index < -0.39 is 66.0 Å². The number of carboxylic acids is 1. The molecule has 1 aliphatic rings. The summed E-state index contributed by atoms with van der Waals surface area (Å²) >= 11 is 0. The van der Waals surface area contributed by atoms with E-state index in [9.17, 15) is 39.3 Å². The van der Waals surface area contributed by atoms with Gasteiger partial charge in [-0.15, -0.1) is 0 Å². The number of nitrogens with one attached hydrogen (secondary N) is 4. The highest BCUT2D eigenvalue weighted by molar-refractivity contribution is 5.94. The molecule has 0 aromatic carbocycles. The summed E-state index contributed by atoms with van der Waals surface area (Å²) in [5, 5.41) is 38.8. The van der Waals surface area contributed by atoms with Crippen LogP contribution < -0.4 is 27.0 Å². The molecule has 0 aromatic heterocycles. The molecule has 1 rings (SSSR count). The van der Waals surface area contributed by atoms with E-state index in [4.69, 9.17) is 5.73 Å². The van der Waals surface area contributed by atoms with Crippen molar-refractivity contribution in [1.82, 2.24) is 21.3 Å². The molecule has 0 radical (unpaired) electrons. The molecule has 0 spiro atoms. The van der Waals surface area contributed by atoms with E-state index in [-0.39, 0.29) is 12.8 Å². The van der Waals surface area contributed by atoms with E-state index >= 15 is 0 Å². The first-order valence-corrected chi connectivity index (χ1v) is 9.95. The Kier molecular flexibility index (Phi) is 10.3. The van der Waals surface area contributed by atoms with Gasteiger partial charge in [-0.1, -0.05) is 0 Å². The summed E-state index contributed by atoms with van der Waals surface area (Å²) < 4.78 is 0. The van der Waals surface area contributed by atoms with Crippen molar-refractivity contribution in [2.24, 2.45) is 5.73 Å². The first-order chi connectivity index (χ1) is 14.4. The summed E-state index contributed by atoms with van der Waals surface area (Å²) in [6.07, 6.45) is -1.97. The lowest BCUT2D eigenvalue weighted by Gasteiger charge is -2.27. The molecule has 1 heterocycles. The van der Waals surface area contributed by atoms with Crippen LogP contribution in [0, 0.1) is 0 Å². The fourth-order valence-corrected chi connectivity index (χ4v) is 3.02. The number of aliphatic hydroxyl groups is 2. The number of aliphatic carboxylic acids is 1. The van der Waals surface area contributed by atoms with Gasteiger partial charge in [0.25, 0.3) is 0 Å². The highest BCUT2D eigenvalue weighted by atomic mass is 16.4. The van der Waals surface area contributed by atoms with Gasteiger partial charge in [0, 0.05) is 6.42 Å². The molecule has 6 atom stereocenters. The molecule has 13 heteroatoms. The number of hydrogen-bond acceptors (Lipinski definition) is 8. The van der Waals surface area contributed by atoms with Crippen molar-refractivity contribution < 1.29 is 39.3 Å². The standard InChI is InChI=1S/C18H31N5O8/c1-8(24)13(16(28)21-11(18(30)31)5-6-12(19)26)23-17(29)14(9(2)25)22-15(27)10-4-3-7-20-10/h8-11,13-14,20,24-25H,3-7H2,1-2H3,(H2,19,26)(H,21,28)(H,22,27)(H,23,29)(H,30,31). The number of rotatable bonds is 12. The van der Waals surface area contributed by atoms with Gasteiger partial charge in [0.1, 0.15) is 18.1 Å². The Labute approximate surface area is 179 Å². The van der Waals surface area contributed by atoms with Crippen LogP contribution in [0.15, 0.2) is 0 Å². The van der Waals surface area contributed by atoms with Crippen LogP contribution in [0.5, 0.6) is 0 Å². The number of hydrogen-bond donors (Lipinski definition) is 8. The molecule has 0 saturated carbocycles. The van der Waals surface area contributed by atoms with Gasteiger partial charge in [-0.25, -0.2) is 4.79 Å². The minimum Gasteiger partial charge on any atom is -0.480 e. The quantitative estimate of drug-likeness (QED) is 0.148. The maximum absolute atomic E-state index is 12.6. The van der Waals surface area contributed by atoms with E-state index in [1.54, 1.807) is 0 Å². The second-order valence-electron chi connectivity index (χ2n) is 7.51. The third-order valence-electron chi connectivity index (χ3n) is 4.80. The van der Waals surface area contributed by atoms with Gasteiger partial charge >= 0.3 is 5.97 Å². The fourth-order valence-electron chi connectivity index (χ4n) is 3.02. The van der Waals surface area contributed by atoms with Gasteiger partial charge in [-0.2, -0.15) is 0 Å².